The number of halogens is 1. The second kappa shape index (κ2) is 19.5. The molecule has 0 aliphatic carbocycles. The summed E-state index contributed by atoms with van der Waals surface area (Å²) < 4.78 is 19.6. The van der Waals surface area contributed by atoms with Crippen molar-refractivity contribution < 1.29 is 28.6 Å². The molecule has 1 aliphatic rings. The van der Waals surface area contributed by atoms with E-state index in [9.17, 15) is 19.5 Å². The van der Waals surface area contributed by atoms with Crippen molar-refractivity contribution in [2.24, 2.45) is 0 Å². The summed E-state index contributed by atoms with van der Waals surface area (Å²) in [4.78, 5) is 43.2. The van der Waals surface area contributed by atoms with Gasteiger partial charge >= 0.3 is 6.09 Å². The molecule has 12 nitrogen and oxygen atoms in total. The monoisotopic (exact) mass is 853 g/mol. The standard InChI is InChI=1S/C46H56ClN5O7Si/c1-46(2,3)60(5,6)59-41(36-18-20-39(53)44-37(36)19-21-42(54)50-44)30-48-29-32-16-17-33(28-40(32)57-4)52(47)43(55)24-27-51-25-22-34(23-26-51)58-45(56)49-38-15-11-10-14-35(38)31-12-8-7-9-13-31/h7-21,28,34,41,48,53H,22-27,29-30H2,1-6H3,(H,49,56)(H,50,54). The lowest BCUT2D eigenvalue weighted by molar-refractivity contribution is -0.117. The zero-order valence-electron chi connectivity index (χ0n) is 35.2. The summed E-state index contributed by atoms with van der Waals surface area (Å²) in [6.07, 6.45) is 0.452. The van der Waals surface area contributed by atoms with Crippen LogP contribution in [-0.2, 0) is 20.5 Å². The fourth-order valence-electron chi connectivity index (χ4n) is 7.13. The van der Waals surface area contributed by atoms with Gasteiger partial charge in [-0.15, -0.1) is 0 Å². The van der Waals surface area contributed by atoms with E-state index < -0.39 is 14.4 Å². The van der Waals surface area contributed by atoms with Gasteiger partial charge in [0, 0.05) is 79.6 Å². The molecule has 5 aromatic rings. The van der Waals surface area contributed by atoms with Gasteiger partial charge in [-0.05, 0) is 66.4 Å². The van der Waals surface area contributed by atoms with E-state index in [2.05, 4.69) is 54.4 Å². The van der Waals surface area contributed by atoms with E-state index in [-0.39, 0.29) is 40.9 Å². The Hall–Kier alpha value is -5.18. The van der Waals surface area contributed by atoms with Gasteiger partial charge in [0.15, 0.2) is 8.32 Å². The van der Waals surface area contributed by atoms with Crippen LogP contribution in [0.2, 0.25) is 18.1 Å². The summed E-state index contributed by atoms with van der Waals surface area (Å²) in [5, 5.41) is 17.7. The molecule has 2 heterocycles. The van der Waals surface area contributed by atoms with Gasteiger partial charge in [-0.3, -0.25) is 14.9 Å². The Morgan fingerprint density at radius 3 is 2.42 bits per heavy atom. The predicted molar refractivity (Wildman–Crippen MR) is 241 cm³/mol. The Kier molecular flexibility index (Phi) is 14.4. The summed E-state index contributed by atoms with van der Waals surface area (Å²) in [6.45, 7) is 13.7. The molecule has 6 rings (SSSR count). The topological polar surface area (TPSA) is 145 Å². The van der Waals surface area contributed by atoms with Gasteiger partial charge in [0.25, 0.3) is 0 Å². The molecule has 14 heteroatoms. The van der Waals surface area contributed by atoms with Crippen molar-refractivity contribution >= 4 is 54.4 Å². The number of nitrogens with one attached hydrogen (secondary N) is 3. The Morgan fingerprint density at radius 2 is 1.70 bits per heavy atom. The summed E-state index contributed by atoms with van der Waals surface area (Å²) in [6, 6.07) is 29.6. The van der Waals surface area contributed by atoms with Gasteiger partial charge in [-0.25, -0.2) is 9.21 Å². The van der Waals surface area contributed by atoms with E-state index in [4.69, 9.17) is 25.7 Å². The van der Waals surface area contributed by atoms with E-state index in [1.165, 1.54) is 6.07 Å². The summed E-state index contributed by atoms with van der Waals surface area (Å²) >= 11 is 6.61. The number of phenols is 1. The average Bonchev–Trinajstić information content (AvgIpc) is 3.23. The van der Waals surface area contributed by atoms with Crippen molar-refractivity contribution in [3.63, 3.8) is 0 Å². The van der Waals surface area contributed by atoms with Crippen LogP contribution in [-0.4, -0.2) is 74.7 Å². The first-order valence-corrected chi connectivity index (χ1v) is 23.6. The van der Waals surface area contributed by atoms with E-state index in [0.29, 0.717) is 73.6 Å². The fourth-order valence-corrected chi connectivity index (χ4v) is 8.59. The number of ether oxygens (including phenoxy) is 2. The number of carbonyl (C=O) groups excluding carboxylic acids is 2. The van der Waals surface area contributed by atoms with Crippen LogP contribution in [0.1, 0.15) is 57.3 Å². The van der Waals surface area contributed by atoms with E-state index in [1.807, 2.05) is 66.7 Å². The maximum Gasteiger partial charge on any atom is 0.411 e. The maximum atomic E-state index is 13.3. The van der Waals surface area contributed by atoms with Crippen LogP contribution in [0, 0.1) is 0 Å². The first kappa shape index (κ1) is 44.4. The van der Waals surface area contributed by atoms with Crippen molar-refractivity contribution in [2.75, 3.05) is 43.0 Å². The number of fused-ring (bicyclic) bond motifs is 1. The van der Waals surface area contributed by atoms with Crippen molar-refractivity contribution in [3.05, 3.63) is 119 Å². The highest BCUT2D eigenvalue weighted by molar-refractivity contribution is 6.74. The number of aromatic hydroxyl groups is 1. The third-order valence-electron chi connectivity index (χ3n) is 11.6. The number of hydrogen-bond acceptors (Lipinski definition) is 9. The van der Waals surface area contributed by atoms with Crippen LogP contribution in [0.4, 0.5) is 16.2 Å². The highest BCUT2D eigenvalue weighted by atomic mass is 35.5. The van der Waals surface area contributed by atoms with Gasteiger partial charge in [-0.2, -0.15) is 0 Å². The molecule has 1 saturated heterocycles. The number of anilines is 2. The SMILES string of the molecule is COc1cc(N(Cl)C(=O)CCN2CCC(OC(=O)Nc3ccccc3-c3ccccc3)CC2)ccc1CNCC(O[Si](C)(C)C(C)(C)C)c1ccc(O)c2[nH]c(=O)ccc12. The number of H-pyrrole nitrogens is 1. The molecular weight excluding hydrogens is 798 g/mol. The zero-order chi connectivity index (χ0) is 43.0. The number of aromatic amines is 1. The van der Waals surface area contributed by atoms with Crippen LogP contribution in [0.5, 0.6) is 11.5 Å². The third-order valence-corrected chi connectivity index (χ3v) is 16.4. The molecule has 1 unspecified atom stereocenters. The molecule has 4 N–H and O–H groups in total. The zero-order valence-corrected chi connectivity index (χ0v) is 37.0. The Labute approximate surface area is 358 Å². The molecule has 318 valence electrons. The number of hydrogen-bond donors (Lipinski definition) is 4. The molecule has 0 saturated carbocycles. The number of para-hydroxylation sites is 1. The van der Waals surface area contributed by atoms with E-state index in [0.717, 1.165) is 26.7 Å². The summed E-state index contributed by atoms with van der Waals surface area (Å²) in [5.41, 5.74) is 4.92. The maximum absolute atomic E-state index is 13.3. The van der Waals surface area contributed by atoms with Crippen molar-refractivity contribution in [3.8, 4) is 22.6 Å². The molecule has 0 radical (unpaired) electrons. The lowest BCUT2D eigenvalue weighted by Gasteiger charge is -2.39. The Bertz CT molecular complexity index is 2330. The predicted octanol–water partition coefficient (Wildman–Crippen LogP) is 9.35. The largest absolute Gasteiger partial charge is 0.506 e. The van der Waals surface area contributed by atoms with Crippen LogP contribution in [0.3, 0.4) is 0 Å². The molecule has 1 fully saturated rings. The molecule has 1 aromatic heterocycles. The first-order valence-electron chi connectivity index (χ1n) is 20.4. The second-order valence-corrected chi connectivity index (χ2v) is 21.8. The fraction of sp³-hybridized carbons (Fsp3) is 0.370. The smallest absolute Gasteiger partial charge is 0.411 e. The van der Waals surface area contributed by atoms with Gasteiger partial charge in [0.05, 0.1) is 30.1 Å². The van der Waals surface area contributed by atoms with Crippen LogP contribution >= 0.6 is 11.8 Å². The molecule has 2 amide bonds. The van der Waals surface area contributed by atoms with Crippen LogP contribution in [0.25, 0.3) is 22.0 Å². The van der Waals surface area contributed by atoms with Gasteiger partial charge in [0.2, 0.25) is 11.5 Å². The minimum atomic E-state index is -2.27. The lowest BCUT2D eigenvalue weighted by Crippen LogP contribution is -2.43. The van der Waals surface area contributed by atoms with Crippen molar-refractivity contribution in [2.45, 2.75) is 76.9 Å². The quantitative estimate of drug-likeness (QED) is 0.0598. The van der Waals surface area contributed by atoms with Gasteiger partial charge in [0.1, 0.15) is 17.6 Å². The number of pyridine rings is 1. The van der Waals surface area contributed by atoms with Crippen LogP contribution in [0.15, 0.2) is 102 Å². The average molecular weight is 855 g/mol. The highest BCUT2D eigenvalue weighted by Crippen LogP contribution is 2.41. The Balaban J connectivity index is 1.01. The number of piperidine rings is 1. The Morgan fingerprint density at radius 1 is 0.983 bits per heavy atom. The molecule has 1 aliphatic heterocycles. The number of amides is 2. The van der Waals surface area contributed by atoms with Gasteiger partial charge < -0.3 is 34.2 Å². The number of aromatic nitrogens is 1. The molecule has 60 heavy (non-hydrogen) atoms. The number of nitrogens with zero attached hydrogens (tertiary/aromatic N) is 2. The molecule has 1 atom stereocenters. The summed E-state index contributed by atoms with van der Waals surface area (Å²) in [5.74, 6) is 0.327. The van der Waals surface area contributed by atoms with Crippen molar-refractivity contribution in [1.82, 2.24) is 15.2 Å². The van der Waals surface area contributed by atoms with Crippen molar-refractivity contribution in [1.29, 1.82) is 0 Å². The van der Waals surface area contributed by atoms with E-state index >= 15 is 0 Å². The molecule has 4 aromatic carbocycles. The number of benzene rings is 4. The lowest BCUT2D eigenvalue weighted by atomic mass is 10.0. The molecule has 0 spiro atoms. The normalized spacial score (nSPS) is 14.4. The number of likely N-dealkylation sites (tertiary alicyclic amines) is 1. The highest BCUT2D eigenvalue weighted by Gasteiger charge is 2.40. The number of rotatable bonds is 15. The summed E-state index contributed by atoms with van der Waals surface area (Å²) in [7, 11) is -0.686. The number of methoxy groups -OCH3 is 1. The number of carbonyl (C=O) groups is 2. The van der Waals surface area contributed by atoms with Crippen LogP contribution < -0.4 is 25.3 Å². The molecular formula is C46H56ClN5O7Si. The number of phenolic OH excluding ortho intramolecular Hbond substituents is 1. The first-order chi connectivity index (χ1) is 28.6. The van der Waals surface area contributed by atoms with E-state index in [1.54, 1.807) is 31.4 Å². The van der Waals surface area contributed by atoms with Gasteiger partial charge in [-0.1, -0.05) is 81.4 Å². The molecule has 0 bridgehead atoms. The second-order valence-electron chi connectivity index (χ2n) is 16.7. The minimum Gasteiger partial charge on any atom is -0.506 e. The third kappa shape index (κ3) is 10.9. The minimum absolute atomic E-state index is 0.00229.